The molecule has 1 rings (SSSR count). The van der Waals surface area contributed by atoms with E-state index in [2.05, 4.69) is 10.6 Å². The molecule has 0 radical (unpaired) electrons. The summed E-state index contributed by atoms with van der Waals surface area (Å²) >= 11 is 0. The standard InChI is InChI=1S/C12H21N3O4/c1-2-4-13-12(19)14-10(16)8-15-5-3-9(7-15)6-11(17)18/h9H,2-8H2,1H3,(H,17,18)(H2,13,14,16,19). The molecule has 0 aromatic rings. The SMILES string of the molecule is CCCNC(=O)NC(=O)CN1CCC(CC(=O)O)C1. The third-order valence-electron chi connectivity index (χ3n) is 2.99. The van der Waals surface area contributed by atoms with E-state index in [1.54, 1.807) is 0 Å². The van der Waals surface area contributed by atoms with Crippen LogP contribution >= 0.6 is 0 Å². The molecule has 1 heterocycles. The number of amides is 3. The normalized spacial score (nSPS) is 19.1. The summed E-state index contributed by atoms with van der Waals surface area (Å²) in [5, 5.41) is 13.5. The average Bonchev–Trinajstić information content (AvgIpc) is 2.72. The number of aliphatic carboxylic acids is 1. The summed E-state index contributed by atoms with van der Waals surface area (Å²) in [6.45, 7) is 3.88. The third-order valence-corrected chi connectivity index (χ3v) is 2.99. The first-order chi connectivity index (χ1) is 9.01. The fraction of sp³-hybridized carbons (Fsp3) is 0.750. The maximum absolute atomic E-state index is 11.6. The lowest BCUT2D eigenvalue weighted by molar-refractivity contribution is -0.138. The van der Waals surface area contributed by atoms with Crippen LogP contribution in [-0.2, 0) is 9.59 Å². The largest absolute Gasteiger partial charge is 0.481 e. The lowest BCUT2D eigenvalue weighted by atomic mass is 10.1. The number of carboxylic acid groups (broad SMARTS) is 1. The molecule has 0 saturated carbocycles. The van der Waals surface area contributed by atoms with Crippen molar-refractivity contribution in [2.45, 2.75) is 26.2 Å². The predicted octanol–water partition coefficient (Wildman–Crippen LogP) is 0.0188. The zero-order valence-corrected chi connectivity index (χ0v) is 11.1. The van der Waals surface area contributed by atoms with Gasteiger partial charge in [0.15, 0.2) is 0 Å². The van der Waals surface area contributed by atoms with E-state index in [0.717, 1.165) is 12.8 Å². The van der Waals surface area contributed by atoms with Crippen molar-refractivity contribution in [3.8, 4) is 0 Å². The molecule has 19 heavy (non-hydrogen) atoms. The summed E-state index contributed by atoms with van der Waals surface area (Å²) in [6.07, 6.45) is 1.72. The van der Waals surface area contributed by atoms with Crippen LogP contribution in [0.1, 0.15) is 26.2 Å². The Morgan fingerprint density at radius 1 is 1.37 bits per heavy atom. The quantitative estimate of drug-likeness (QED) is 0.632. The monoisotopic (exact) mass is 271 g/mol. The highest BCUT2D eigenvalue weighted by Gasteiger charge is 2.25. The molecule has 108 valence electrons. The summed E-state index contributed by atoms with van der Waals surface area (Å²) in [5.74, 6) is -1.07. The minimum atomic E-state index is -0.810. The van der Waals surface area contributed by atoms with Gasteiger partial charge in [-0.25, -0.2) is 4.79 Å². The zero-order chi connectivity index (χ0) is 14.3. The Balaban J connectivity index is 2.23. The summed E-state index contributed by atoms with van der Waals surface area (Å²) in [4.78, 5) is 35.3. The van der Waals surface area contributed by atoms with Gasteiger partial charge in [-0.15, -0.1) is 0 Å². The van der Waals surface area contributed by atoms with E-state index in [4.69, 9.17) is 5.11 Å². The molecule has 3 N–H and O–H groups in total. The van der Waals surface area contributed by atoms with Crippen LogP contribution in [0.15, 0.2) is 0 Å². The zero-order valence-electron chi connectivity index (χ0n) is 11.1. The van der Waals surface area contributed by atoms with Crippen molar-refractivity contribution in [3.63, 3.8) is 0 Å². The molecule has 0 spiro atoms. The maximum atomic E-state index is 11.6. The number of carbonyl (C=O) groups is 3. The number of likely N-dealkylation sites (tertiary alicyclic amines) is 1. The smallest absolute Gasteiger partial charge is 0.321 e. The van der Waals surface area contributed by atoms with Crippen LogP contribution in [0.5, 0.6) is 0 Å². The van der Waals surface area contributed by atoms with Crippen molar-refractivity contribution in [2.75, 3.05) is 26.2 Å². The van der Waals surface area contributed by atoms with Gasteiger partial charge in [-0.1, -0.05) is 6.92 Å². The van der Waals surface area contributed by atoms with Crippen molar-refractivity contribution in [1.82, 2.24) is 15.5 Å². The molecule has 0 aromatic heterocycles. The van der Waals surface area contributed by atoms with Crippen molar-refractivity contribution in [3.05, 3.63) is 0 Å². The topological polar surface area (TPSA) is 98.7 Å². The molecule has 0 aliphatic carbocycles. The number of rotatable bonds is 6. The Morgan fingerprint density at radius 3 is 2.74 bits per heavy atom. The van der Waals surface area contributed by atoms with Gasteiger partial charge in [-0.2, -0.15) is 0 Å². The van der Waals surface area contributed by atoms with Crippen LogP contribution in [-0.4, -0.2) is 54.1 Å². The van der Waals surface area contributed by atoms with Crippen molar-refractivity contribution in [2.24, 2.45) is 5.92 Å². The second-order valence-corrected chi connectivity index (χ2v) is 4.79. The highest BCUT2D eigenvalue weighted by Crippen LogP contribution is 2.18. The van der Waals surface area contributed by atoms with Crippen molar-refractivity contribution >= 4 is 17.9 Å². The Hall–Kier alpha value is -1.63. The molecule has 1 aliphatic heterocycles. The minimum Gasteiger partial charge on any atom is -0.481 e. The van der Waals surface area contributed by atoms with Gasteiger partial charge in [0.2, 0.25) is 5.91 Å². The number of imide groups is 1. The minimum absolute atomic E-state index is 0.0965. The van der Waals surface area contributed by atoms with Gasteiger partial charge in [0.25, 0.3) is 0 Å². The second-order valence-electron chi connectivity index (χ2n) is 4.79. The van der Waals surface area contributed by atoms with Crippen LogP contribution in [0.2, 0.25) is 0 Å². The van der Waals surface area contributed by atoms with Gasteiger partial charge in [0.1, 0.15) is 0 Å². The first-order valence-corrected chi connectivity index (χ1v) is 6.53. The number of carbonyl (C=O) groups excluding carboxylic acids is 2. The Morgan fingerprint density at radius 2 is 2.11 bits per heavy atom. The third kappa shape index (κ3) is 6.19. The van der Waals surface area contributed by atoms with E-state index in [9.17, 15) is 14.4 Å². The van der Waals surface area contributed by atoms with Crippen LogP contribution in [0.25, 0.3) is 0 Å². The van der Waals surface area contributed by atoms with E-state index in [0.29, 0.717) is 19.6 Å². The first kappa shape index (κ1) is 15.4. The fourth-order valence-corrected chi connectivity index (χ4v) is 2.12. The Labute approximate surface area is 112 Å². The molecule has 1 aliphatic rings. The molecule has 7 nitrogen and oxygen atoms in total. The molecule has 3 amide bonds. The molecule has 7 heteroatoms. The van der Waals surface area contributed by atoms with Crippen LogP contribution in [0, 0.1) is 5.92 Å². The maximum Gasteiger partial charge on any atom is 0.321 e. The summed E-state index contributed by atoms with van der Waals surface area (Å²) in [5.41, 5.74) is 0. The average molecular weight is 271 g/mol. The molecule has 1 unspecified atom stereocenters. The molecule has 1 atom stereocenters. The number of hydrogen-bond donors (Lipinski definition) is 3. The van der Waals surface area contributed by atoms with Gasteiger partial charge in [-0.3, -0.25) is 19.8 Å². The molecule has 0 bridgehead atoms. The van der Waals surface area contributed by atoms with Gasteiger partial charge in [0, 0.05) is 19.5 Å². The number of nitrogens with one attached hydrogen (secondary N) is 2. The molecular formula is C12H21N3O4. The van der Waals surface area contributed by atoms with E-state index in [-0.39, 0.29) is 24.8 Å². The van der Waals surface area contributed by atoms with E-state index < -0.39 is 12.0 Å². The Bertz CT molecular complexity index is 346. The molecule has 0 aromatic carbocycles. The molecular weight excluding hydrogens is 250 g/mol. The lowest BCUT2D eigenvalue weighted by Crippen LogP contribution is -2.44. The van der Waals surface area contributed by atoms with E-state index in [1.807, 2.05) is 11.8 Å². The van der Waals surface area contributed by atoms with Crippen molar-refractivity contribution < 1.29 is 19.5 Å². The van der Waals surface area contributed by atoms with Gasteiger partial charge < -0.3 is 10.4 Å². The molecule has 1 fully saturated rings. The predicted molar refractivity (Wildman–Crippen MR) is 68.6 cm³/mol. The van der Waals surface area contributed by atoms with Crippen LogP contribution < -0.4 is 10.6 Å². The van der Waals surface area contributed by atoms with Crippen LogP contribution in [0.4, 0.5) is 4.79 Å². The summed E-state index contributed by atoms with van der Waals surface area (Å²) < 4.78 is 0. The lowest BCUT2D eigenvalue weighted by Gasteiger charge is -2.14. The van der Waals surface area contributed by atoms with Crippen LogP contribution in [0.3, 0.4) is 0 Å². The Kier molecular flexibility index (Phi) is 6.27. The first-order valence-electron chi connectivity index (χ1n) is 6.53. The number of urea groups is 1. The van der Waals surface area contributed by atoms with Crippen molar-refractivity contribution in [1.29, 1.82) is 0 Å². The summed E-state index contributed by atoms with van der Waals surface area (Å²) in [6, 6.07) is -0.479. The fourth-order valence-electron chi connectivity index (χ4n) is 2.12. The summed E-state index contributed by atoms with van der Waals surface area (Å²) in [7, 11) is 0. The van der Waals surface area contributed by atoms with E-state index in [1.165, 1.54) is 0 Å². The van der Waals surface area contributed by atoms with Gasteiger partial charge in [-0.05, 0) is 25.3 Å². The highest BCUT2D eigenvalue weighted by atomic mass is 16.4. The number of nitrogens with zero attached hydrogens (tertiary/aromatic N) is 1. The highest BCUT2D eigenvalue weighted by molar-refractivity contribution is 5.95. The molecule has 1 saturated heterocycles. The van der Waals surface area contributed by atoms with Gasteiger partial charge >= 0.3 is 12.0 Å². The number of carboxylic acids is 1. The van der Waals surface area contributed by atoms with Gasteiger partial charge in [0.05, 0.1) is 6.54 Å². The number of hydrogen-bond acceptors (Lipinski definition) is 4. The second kappa shape index (κ2) is 7.73. The van der Waals surface area contributed by atoms with E-state index >= 15 is 0 Å².